The fourth-order valence-corrected chi connectivity index (χ4v) is 0.581. The van der Waals surface area contributed by atoms with Crippen molar-refractivity contribution < 1.29 is 9.90 Å². The van der Waals surface area contributed by atoms with Crippen LogP contribution in [0.1, 0.15) is 24.2 Å². The molecule has 0 unspecified atom stereocenters. The number of benzene rings is 1. The molecule has 0 bridgehead atoms. The summed E-state index contributed by atoms with van der Waals surface area (Å²) in [6, 6.07) is 8.30. The number of rotatable bonds is 1. The van der Waals surface area contributed by atoms with Gasteiger partial charge in [0.05, 0.1) is 5.56 Å². The zero-order chi connectivity index (χ0) is 8.69. The van der Waals surface area contributed by atoms with E-state index in [1.807, 2.05) is 13.8 Å². The minimum absolute atomic E-state index is 0.331. The molecule has 2 heteroatoms. The first kappa shape index (κ1) is 9.69. The van der Waals surface area contributed by atoms with E-state index in [-0.39, 0.29) is 0 Å². The van der Waals surface area contributed by atoms with E-state index in [2.05, 4.69) is 0 Å². The number of hydrogen-bond acceptors (Lipinski definition) is 1. The van der Waals surface area contributed by atoms with Crippen molar-refractivity contribution >= 4 is 5.97 Å². The monoisotopic (exact) mass is 152 g/mol. The molecular weight excluding hydrogens is 140 g/mol. The van der Waals surface area contributed by atoms with E-state index in [4.69, 9.17) is 5.11 Å². The van der Waals surface area contributed by atoms with Gasteiger partial charge in [0.15, 0.2) is 0 Å². The van der Waals surface area contributed by atoms with Crippen molar-refractivity contribution in [3.63, 3.8) is 0 Å². The van der Waals surface area contributed by atoms with E-state index in [0.717, 1.165) is 0 Å². The molecule has 0 atom stereocenters. The molecule has 0 saturated carbocycles. The van der Waals surface area contributed by atoms with Crippen LogP contribution in [0.3, 0.4) is 0 Å². The minimum atomic E-state index is -0.879. The SMILES string of the molecule is CC.O=C(O)c1ccccc1. The Balaban J connectivity index is 0.000000461. The summed E-state index contributed by atoms with van der Waals surface area (Å²) < 4.78 is 0. The molecule has 0 aliphatic heterocycles. The van der Waals surface area contributed by atoms with Gasteiger partial charge in [0.2, 0.25) is 0 Å². The predicted molar refractivity (Wildman–Crippen MR) is 44.7 cm³/mol. The number of carbonyl (C=O) groups is 1. The largest absolute Gasteiger partial charge is 0.478 e. The van der Waals surface area contributed by atoms with Crippen molar-refractivity contribution in [2.75, 3.05) is 0 Å². The smallest absolute Gasteiger partial charge is 0.335 e. The van der Waals surface area contributed by atoms with E-state index in [1.165, 1.54) is 0 Å². The van der Waals surface area contributed by atoms with Crippen LogP contribution in [0.25, 0.3) is 0 Å². The Morgan fingerprint density at radius 1 is 1.18 bits per heavy atom. The van der Waals surface area contributed by atoms with Crippen LogP contribution in [0.2, 0.25) is 0 Å². The van der Waals surface area contributed by atoms with Crippen LogP contribution < -0.4 is 0 Å². The zero-order valence-corrected chi connectivity index (χ0v) is 6.74. The maximum Gasteiger partial charge on any atom is 0.335 e. The van der Waals surface area contributed by atoms with E-state index in [0.29, 0.717) is 5.56 Å². The van der Waals surface area contributed by atoms with Gasteiger partial charge in [-0.05, 0) is 12.1 Å². The summed E-state index contributed by atoms with van der Waals surface area (Å²) in [5, 5.41) is 8.38. The Hall–Kier alpha value is -1.31. The molecule has 0 fully saturated rings. The molecule has 0 aliphatic carbocycles. The van der Waals surface area contributed by atoms with Crippen molar-refractivity contribution in [3.8, 4) is 0 Å². The molecule has 0 radical (unpaired) electrons. The molecule has 0 amide bonds. The maximum atomic E-state index is 10.2. The Labute approximate surface area is 66.5 Å². The summed E-state index contributed by atoms with van der Waals surface area (Å²) >= 11 is 0. The first-order valence-electron chi connectivity index (χ1n) is 3.59. The van der Waals surface area contributed by atoms with Crippen LogP contribution in [0.5, 0.6) is 0 Å². The van der Waals surface area contributed by atoms with Crippen LogP contribution in [0.15, 0.2) is 30.3 Å². The van der Waals surface area contributed by atoms with E-state index >= 15 is 0 Å². The van der Waals surface area contributed by atoms with Gasteiger partial charge in [0.25, 0.3) is 0 Å². The zero-order valence-electron chi connectivity index (χ0n) is 6.74. The van der Waals surface area contributed by atoms with Crippen LogP contribution in [-0.2, 0) is 0 Å². The van der Waals surface area contributed by atoms with Gasteiger partial charge in [-0.15, -0.1) is 0 Å². The third-order valence-electron chi connectivity index (χ3n) is 1.02. The lowest BCUT2D eigenvalue weighted by molar-refractivity contribution is 0.0697. The third-order valence-corrected chi connectivity index (χ3v) is 1.02. The highest BCUT2D eigenvalue weighted by molar-refractivity contribution is 5.87. The molecule has 0 heterocycles. The molecule has 1 aromatic carbocycles. The molecule has 2 nitrogen and oxygen atoms in total. The van der Waals surface area contributed by atoms with Gasteiger partial charge in [0, 0.05) is 0 Å². The standard InChI is InChI=1S/C7H6O2.C2H6/c8-7(9)6-4-2-1-3-5-6;1-2/h1-5H,(H,8,9);1-2H3. The first-order chi connectivity index (χ1) is 5.30. The number of hydrogen-bond donors (Lipinski definition) is 1. The number of carboxylic acids is 1. The average molecular weight is 152 g/mol. The highest BCUT2D eigenvalue weighted by Gasteiger charge is 1.96. The van der Waals surface area contributed by atoms with Gasteiger partial charge < -0.3 is 5.11 Å². The minimum Gasteiger partial charge on any atom is -0.478 e. The van der Waals surface area contributed by atoms with Crippen molar-refractivity contribution in [2.45, 2.75) is 13.8 Å². The summed E-state index contributed by atoms with van der Waals surface area (Å²) in [7, 11) is 0. The maximum absolute atomic E-state index is 10.2. The van der Waals surface area contributed by atoms with Gasteiger partial charge in [-0.25, -0.2) is 4.79 Å². The second-order valence-corrected chi connectivity index (χ2v) is 1.67. The Morgan fingerprint density at radius 3 is 1.91 bits per heavy atom. The lowest BCUT2D eigenvalue weighted by atomic mass is 10.2. The Kier molecular flexibility index (Phi) is 4.82. The molecule has 60 valence electrons. The lowest BCUT2D eigenvalue weighted by Gasteiger charge is -1.88. The second-order valence-electron chi connectivity index (χ2n) is 1.67. The van der Waals surface area contributed by atoms with Crippen LogP contribution in [0.4, 0.5) is 0 Å². The topological polar surface area (TPSA) is 37.3 Å². The molecule has 0 aliphatic rings. The summed E-state index contributed by atoms with van der Waals surface area (Å²) in [5.41, 5.74) is 0.331. The molecule has 0 spiro atoms. The van der Waals surface area contributed by atoms with Crippen LogP contribution in [0, 0.1) is 0 Å². The van der Waals surface area contributed by atoms with Gasteiger partial charge in [0.1, 0.15) is 0 Å². The van der Waals surface area contributed by atoms with Gasteiger partial charge in [-0.2, -0.15) is 0 Å². The predicted octanol–water partition coefficient (Wildman–Crippen LogP) is 2.41. The Morgan fingerprint density at radius 2 is 1.64 bits per heavy atom. The molecule has 1 rings (SSSR count). The van der Waals surface area contributed by atoms with Crippen molar-refractivity contribution in [3.05, 3.63) is 35.9 Å². The number of aromatic carboxylic acids is 1. The molecule has 0 aromatic heterocycles. The Bertz CT molecular complexity index is 204. The van der Waals surface area contributed by atoms with Crippen molar-refractivity contribution in [2.24, 2.45) is 0 Å². The summed E-state index contributed by atoms with van der Waals surface area (Å²) in [6.07, 6.45) is 0. The number of carboxylic acid groups (broad SMARTS) is 1. The average Bonchev–Trinajstić information content (AvgIpc) is 2.10. The second kappa shape index (κ2) is 5.47. The molecule has 1 aromatic rings. The molecular formula is C9H12O2. The summed E-state index contributed by atoms with van der Waals surface area (Å²) in [6.45, 7) is 4.00. The van der Waals surface area contributed by atoms with Crippen molar-refractivity contribution in [1.29, 1.82) is 0 Å². The molecule has 0 saturated heterocycles. The lowest BCUT2D eigenvalue weighted by Crippen LogP contribution is -1.93. The quantitative estimate of drug-likeness (QED) is 0.671. The van der Waals surface area contributed by atoms with Crippen LogP contribution >= 0.6 is 0 Å². The first-order valence-corrected chi connectivity index (χ1v) is 3.59. The molecule has 11 heavy (non-hydrogen) atoms. The highest BCUT2D eigenvalue weighted by atomic mass is 16.4. The van der Waals surface area contributed by atoms with E-state index in [9.17, 15) is 4.79 Å². The van der Waals surface area contributed by atoms with E-state index in [1.54, 1.807) is 30.3 Å². The summed E-state index contributed by atoms with van der Waals surface area (Å²) in [5.74, 6) is -0.879. The normalized spacial score (nSPS) is 7.82. The summed E-state index contributed by atoms with van der Waals surface area (Å²) in [4.78, 5) is 10.2. The van der Waals surface area contributed by atoms with Gasteiger partial charge >= 0.3 is 5.97 Å². The van der Waals surface area contributed by atoms with Gasteiger partial charge in [-0.3, -0.25) is 0 Å². The van der Waals surface area contributed by atoms with Gasteiger partial charge in [-0.1, -0.05) is 32.0 Å². The van der Waals surface area contributed by atoms with Crippen molar-refractivity contribution in [1.82, 2.24) is 0 Å². The highest BCUT2D eigenvalue weighted by Crippen LogP contribution is 1.96. The fraction of sp³-hybridized carbons (Fsp3) is 0.222. The van der Waals surface area contributed by atoms with Crippen LogP contribution in [-0.4, -0.2) is 11.1 Å². The fourth-order valence-electron chi connectivity index (χ4n) is 0.581. The molecule has 1 N–H and O–H groups in total. The third kappa shape index (κ3) is 3.40. The van der Waals surface area contributed by atoms with E-state index < -0.39 is 5.97 Å².